The van der Waals surface area contributed by atoms with Gasteiger partial charge in [-0.3, -0.25) is 9.69 Å². The van der Waals surface area contributed by atoms with E-state index in [-0.39, 0.29) is 17.6 Å². The highest BCUT2D eigenvalue weighted by Crippen LogP contribution is 2.64. The zero-order valence-corrected chi connectivity index (χ0v) is 14.2. The predicted octanol–water partition coefficient (Wildman–Crippen LogP) is 0.893. The van der Waals surface area contributed by atoms with Crippen LogP contribution in [0.15, 0.2) is 12.1 Å². The number of ketones is 1. The van der Waals surface area contributed by atoms with Gasteiger partial charge in [0.15, 0.2) is 11.9 Å². The van der Waals surface area contributed by atoms with Crippen LogP contribution in [0.1, 0.15) is 43.2 Å². The second-order valence-electron chi connectivity index (χ2n) is 8.69. The van der Waals surface area contributed by atoms with Crippen LogP contribution in [-0.4, -0.2) is 46.6 Å². The number of hydrogen-bond acceptors (Lipinski definition) is 5. The molecule has 5 aliphatic rings. The van der Waals surface area contributed by atoms with E-state index in [2.05, 4.69) is 4.90 Å². The molecule has 3 fully saturated rings. The Hall–Kier alpha value is -1.59. The lowest BCUT2D eigenvalue weighted by molar-refractivity contribution is -0.270. The van der Waals surface area contributed by atoms with Gasteiger partial charge >= 0.3 is 0 Å². The van der Waals surface area contributed by atoms with Crippen LogP contribution < -0.4 is 9.84 Å². The number of piperidine rings is 1. The van der Waals surface area contributed by atoms with Crippen molar-refractivity contribution in [3.8, 4) is 11.5 Å². The van der Waals surface area contributed by atoms with Crippen molar-refractivity contribution >= 4 is 5.78 Å². The van der Waals surface area contributed by atoms with Crippen LogP contribution in [0, 0.1) is 5.92 Å². The number of rotatable bonds is 2. The van der Waals surface area contributed by atoms with Crippen molar-refractivity contribution in [1.29, 1.82) is 0 Å². The van der Waals surface area contributed by atoms with Crippen LogP contribution >= 0.6 is 0 Å². The minimum Gasteiger partial charge on any atom is -0.870 e. The van der Waals surface area contributed by atoms with Crippen molar-refractivity contribution in [2.75, 3.05) is 13.1 Å². The van der Waals surface area contributed by atoms with Gasteiger partial charge in [-0.05, 0) is 50.1 Å². The molecule has 25 heavy (non-hydrogen) atoms. The standard InChI is InChI=1S/C20H23NO4/c22-13-4-3-12-9-15-20(24)6-5-14(23)18-19(20,16(12)17(13)25-18)7-8-21(15)10-11-1-2-11/h3-4,11,15,18,22,24H,1-2,5-10H2/p-1/t15?,18?,19-,20?/m0/s1. The van der Waals surface area contributed by atoms with Gasteiger partial charge in [0, 0.05) is 24.6 Å². The van der Waals surface area contributed by atoms with E-state index in [1.807, 2.05) is 6.07 Å². The maximum absolute atomic E-state index is 12.7. The van der Waals surface area contributed by atoms with Gasteiger partial charge in [-0.1, -0.05) is 17.9 Å². The Morgan fingerprint density at radius 2 is 2.16 bits per heavy atom. The third-order valence-electron chi connectivity index (χ3n) is 7.54. The first-order valence-electron chi connectivity index (χ1n) is 9.54. The topological polar surface area (TPSA) is 72.8 Å². The van der Waals surface area contributed by atoms with Crippen LogP contribution in [0.3, 0.4) is 0 Å². The SMILES string of the molecule is O=C1CCC2(O)C3Cc4ccc([O-])c5c4[C@@]2(CCN3CC2CC2)C1O5. The van der Waals surface area contributed by atoms with Crippen molar-refractivity contribution in [1.82, 2.24) is 4.90 Å². The number of carbonyl (C=O) groups excluding carboxylic acids is 1. The summed E-state index contributed by atoms with van der Waals surface area (Å²) >= 11 is 0. The Morgan fingerprint density at radius 1 is 1.32 bits per heavy atom. The molecule has 2 bridgehead atoms. The van der Waals surface area contributed by atoms with Crippen LogP contribution in [0.2, 0.25) is 0 Å². The number of carbonyl (C=O) groups is 1. The Kier molecular flexibility index (Phi) is 2.55. The molecule has 1 spiro atoms. The number of aliphatic hydroxyl groups is 1. The lowest BCUT2D eigenvalue weighted by Crippen LogP contribution is -2.76. The molecule has 3 unspecified atom stereocenters. The van der Waals surface area contributed by atoms with Gasteiger partial charge in [0.2, 0.25) is 0 Å². The monoisotopic (exact) mass is 340 g/mol. The summed E-state index contributed by atoms with van der Waals surface area (Å²) < 4.78 is 5.97. The van der Waals surface area contributed by atoms with E-state index < -0.39 is 17.1 Å². The minimum atomic E-state index is -0.967. The molecule has 132 valence electrons. The molecule has 2 heterocycles. The molecular formula is C20H22NO4-. The molecule has 0 aromatic heterocycles. The summed E-state index contributed by atoms with van der Waals surface area (Å²) in [7, 11) is 0. The molecule has 5 heteroatoms. The molecule has 2 saturated carbocycles. The van der Waals surface area contributed by atoms with Gasteiger partial charge in [0.05, 0.1) is 11.0 Å². The smallest absolute Gasteiger partial charge is 0.174 e. The van der Waals surface area contributed by atoms with Crippen LogP contribution in [0.4, 0.5) is 0 Å². The lowest BCUT2D eigenvalue weighted by Gasteiger charge is -2.62. The highest BCUT2D eigenvalue weighted by molar-refractivity contribution is 5.90. The van der Waals surface area contributed by atoms with Crippen LogP contribution in [-0.2, 0) is 16.6 Å². The summed E-state index contributed by atoms with van der Waals surface area (Å²) in [5.74, 6) is 0.990. The van der Waals surface area contributed by atoms with Gasteiger partial charge in [-0.2, -0.15) is 0 Å². The largest absolute Gasteiger partial charge is 0.870 e. The Bertz CT molecular complexity index is 803. The molecule has 2 aliphatic heterocycles. The van der Waals surface area contributed by atoms with Gasteiger partial charge in [0.25, 0.3) is 0 Å². The molecule has 0 radical (unpaired) electrons. The Labute approximate surface area is 146 Å². The summed E-state index contributed by atoms with van der Waals surface area (Å²) in [6, 6.07) is 3.50. The molecule has 1 saturated heterocycles. The van der Waals surface area contributed by atoms with E-state index in [1.54, 1.807) is 6.07 Å². The number of likely N-dealkylation sites (tertiary alicyclic amines) is 1. The molecule has 5 nitrogen and oxygen atoms in total. The maximum atomic E-state index is 12.7. The molecule has 0 amide bonds. The lowest BCUT2D eigenvalue weighted by atomic mass is 9.49. The summed E-state index contributed by atoms with van der Waals surface area (Å²) in [6.07, 6.45) is 4.17. The maximum Gasteiger partial charge on any atom is 0.174 e. The molecule has 3 aliphatic carbocycles. The molecule has 1 aromatic rings. The molecule has 1 N–H and O–H groups in total. The van der Waals surface area contributed by atoms with Crippen molar-refractivity contribution in [3.63, 3.8) is 0 Å². The van der Waals surface area contributed by atoms with Crippen molar-refractivity contribution < 1.29 is 19.7 Å². The van der Waals surface area contributed by atoms with Crippen molar-refractivity contribution in [3.05, 3.63) is 23.3 Å². The first-order valence-corrected chi connectivity index (χ1v) is 9.54. The van der Waals surface area contributed by atoms with Crippen LogP contribution in [0.5, 0.6) is 11.5 Å². The summed E-state index contributed by atoms with van der Waals surface area (Å²) in [5, 5.41) is 24.3. The van der Waals surface area contributed by atoms with Gasteiger partial charge < -0.3 is 14.9 Å². The fourth-order valence-electron chi connectivity index (χ4n) is 6.25. The second-order valence-corrected chi connectivity index (χ2v) is 8.69. The average Bonchev–Trinajstić information content (AvgIpc) is 3.32. The van der Waals surface area contributed by atoms with Crippen LogP contribution in [0.25, 0.3) is 0 Å². The molecule has 1 aromatic carbocycles. The average molecular weight is 340 g/mol. The zero-order valence-electron chi connectivity index (χ0n) is 14.2. The number of hydrogen-bond donors (Lipinski definition) is 1. The minimum absolute atomic E-state index is 0.0250. The fraction of sp³-hybridized carbons (Fsp3) is 0.650. The van der Waals surface area contributed by atoms with E-state index in [9.17, 15) is 15.0 Å². The first kappa shape index (κ1) is 14.6. The predicted molar refractivity (Wildman–Crippen MR) is 87.6 cm³/mol. The first-order chi connectivity index (χ1) is 12.0. The highest BCUT2D eigenvalue weighted by Gasteiger charge is 2.72. The second kappa shape index (κ2) is 4.38. The van der Waals surface area contributed by atoms with E-state index in [0.29, 0.717) is 25.0 Å². The third-order valence-corrected chi connectivity index (χ3v) is 7.54. The van der Waals surface area contributed by atoms with Crippen molar-refractivity contribution in [2.45, 2.75) is 61.7 Å². The third kappa shape index (κ3) is 1.56. The molecule has 6 rings (SSSR count). The summed E-state index contributed by atoms with van der Waals surface area (Å²) in [5.41, 5.74) is 0.283. The molecular weight excluding hydrogens is 318 g/mol. The number of ether oxygens (including phenoxy) is 1. The quantitative estimate of drug-likeness (QED) is 0.866. The normalized spacial score (nSPS) is 41.4. The number of benzene rings is 1. The zero-order chi connectivity index (χ0) is 17.0. The van der Waals surface area contributed by atoms with E-state index in [4.69, 9.17) is 4.74 Å². The number of Topliss-reactive ketones (excluding diaryl/α,β-unsaturated/α-hetero) is 1. The summed E-state index contributed by atoms with van der Waals surface area (Å²) in [4.78, 5) is 15.2. The summed E-state index contributed by atoms with van der Waals surface area (Å²) in [6.45, 7) is 1.92. The Balaban J connectivity index is 1.58. The fourth-order valence-corrected chi connectivity index (χ4v) is 6.25. The van der Waals surface area contributed by atoms with Crippen molar-refractivity contribution in [2.24, 2.45) is 5.92 Å². The Morgan fingerprint density at radius 3 is 2.96 bits per heavy atom. The molecule has 4 atom stereocenters. The van der Waals surface area contributed by atoms with Gasteiger partial charge in [-0.15, -0.1) is 0 Å². The van der Waals surface area contributed by atoms with E-state index in [0.717, 1.165) is 36.6 Å². The van der Waals surface area contributed by atoms with Gasteiger partial charge in [0.1, 0.15) is 5.75 Å². The highest BCUT2D eigenvalue weighted by atomic mass is 16.5. The van der Waals surface area contributed by atoms with Gasteiger partial charge in [-0.25, -0.2) is 0 Å². The number of nitrogens with zero attached hydrogens (tertiary/aromatic N) is 1. The van der Waals surface area contributed by atoms with E-state index in [1.165, 1.54) is 12.8 Å². The van der Waals surface area contributed by atoms with E-state index >= 15 is 0 Å².